The van der Waals surface area contributed by atoms with E-state index in [9.17, 15) is 9.59 Å². The lowest BCUT2D eigenvalue weighted by Crippen LogP contribution is -2.16. The highest BCUT2D eigenvalue weighted by Gasteiger charge is 2.17. The molecule has 5 aromatic rings. The molecule has 0 fully saturated rings. The van der Waals surface area contributed by atoms with E-state index in [1.807, 2.05) is 42.5 Å². The molecule has 0 atom stereocenters. The summed E-state index contributed by atoms with van der Waals surface area (Å²) < 4.78 is 16.2. The van der Waals surface area contributed by atoms with E-state index in [4.69, 9.17) is 19.9 Å². The van der Waals surface area contributed by atoms with Crippen molar-refractivity contribution in [1.82, 2.24) is 20.2 Å². The van der Waals surface area contributed by atoms with Crippen LogP contribution in [0.1, 0.15) is 11.3 Å². The molecule has 4 N–H and O–H groups in total. The van der Waals surface area contributed by atoms with Crippen molar-refractivity contribution in [3.8, 4) is 28.6 Å². The lowest BCUT2D eigenvalue weighted by Gasteiger charge is -2.16. The van der Waals surface area contributed by atoms with E-state index in [1.165, 1.54) is 0 Å². The van der Waals surface area contributed by atoms with Gasteiger partial charge in [0.1, 0.15) is 0 Å². The molecule has 2 aromatic heterocycles. The standard InChI is InChI=1S/C25H21N5O5/c1-33-21-11-13(10-19-15-5-3-4-6-16(15)23(31)30-29-19)9-17(22(21)34-2)14-7-8-18-20(12-14)28-25(27-18)35-24(26)32/h3-9,11-12H,10H2,1-2H3,(H2,26,32)(H,27,28)(H,30,31). The van der Waals surface area contributed by atoms with Crippen molar-refractivity contribution in [2.75, 3.05) is 14.2 Å². The lowest BCUT2D eigenvalue weighted by molar-refractivity contribution is 0.207. The van der Waals surface area contributed by atoms with E-state index >= 15 is 0 Å². The fraction of sp³-hybridized carbons (Fsp3) is 0.120. The average Bonchev–Trinajstić information content (AvgIpc) is 3.26. The second kappa shape index (κ2) is 8.82. The number of primary amides is 1. The van der Waals surface area contributed by atoms with Crippen molar-refractivity contribution in [1.29, 1.82) is 0 Å². The van der Waals surface area contributed by atoms with Crippen molar-refractivity contribution in [2.24, 2.45) is 5.73 Å². The Morgan fingerprint density at radius 1 is 1.03 bits per heavy atom. The molecular formula is C25H21N5O5. The molecule has 0 spiro atoms. The second-order valence-electron chi connectivity index (χ2n) is 7.80. The van der Waals surface area contributed by atoms with Crippen LogP contribution < -0.4 is 25.5 Å². The van der Waals surface area contributed by atoms with Crippen molar-refractivity contribution in [2.45, 2.75) is 6.42 Å². The quantitative estimate of drug-likeness (QED) is 0.343. The van der Waals surface area contributed by atoms with Crippen LogP contribution in [-0.4, -0.2) is 40.5 Å². The fourth-order valence-corrected chi connectivity index (χ4v) is 4.13. The lowest BCUT2D eigenvalue weighted by atomic mass is 9.97. The number of amides is 1. The minimum atomic E-state index is -0.952. The Labute approximate surface area is 198 Å². The molecule has 10 heteroatoms. The highest BCUT2D eigenvalue weighted by molar-refractivity contribution is 5.86. The number of rotatable bonds is 6. The first-order chi connectivity index (χ1) is 17.0. The van der Waals surface area contributed by atoms with Gasteiger partial charge in [0.2, 0.25) is 0 Å². The van der Waals surface area contributed by atoms with Gasteiger partial charge in [0.25, 0.3) is 5.56 Å². The maximum absolute atomic E-state index is 12.2. The second-order valence-corrected chi connectivity index (χ2v) is 7.80. The first kappa shape index (κ1) is 22.0. The first-order valence-corrected chi connectivity index (χ1v) is 10.7. The molecule has 0 unspecified atom stereocenters. The van der Waals surface area contributed by atoms with E-state index < -0.39 is 6.09 Å². The Morgan fingerprint density at radius 2 is 1.83 bits per heavy atom. The molecule has 176 valence electrons. The summed E-state index contributed by atoms with van der Waals surface area (Å²) in [6.07, 6.45) is -0.500. The zero-order valence-electron chi connectivity index (χ0n) is 18.9. The summed E-state index contributed by atoms with van der Waals surface area (Å²) in [7, 11) is 3.15. The molecule has 0 bridgehead atoms. The number of hydrogen-bond donors (Lipinski definition) is 3. The topological polar surface area (TPSA) is 145 Å². The maximum atomic E-state index is 12.2. The van der Waals surface area contributed by atoms with Crippen LogP contribution in [0.4, 0.5) is 4.79 Å². The summed E-state index contributed by atoms with van der Waals surface area (Å²) in [5.74, 6) is 1.11. The van der Waals surface area contributed by atoms with E-state index in [0.717, 1.165) is 27.8 Å². The summed E-state index contributed by atoms with van der Waals surface area (Å²) in [6, 6.07) is 16.8. The highest BCUT2D eigenvalue weighted by Crippen LogP contribution is 2.40. The molecule has 2 heterocycles. The molecule has 0 aliphatic heterocycles. The largest absolute Gasteiger partial charge is 0.493 e. The zero-order valence-corrected chi connectivity index (χ0v) is 18.9. The van der Waals surface area contributed by atoms with Gasteiger partial charge in [-0.1, -0.05) is 24.3 Å². The Kier molecular flexibility index (Phi) is 5.54. The zero-order chi connectivity index (χ0) is 24.5. The van der Waals surface area contributed by atoms with Gasteiger partial charge in [0, 0.05) is 17.4 Å². The molecule has 5 rings (SSSR count). The van der Waals surface area contributed by atoms with Crippen LogP contribution >= 0.6 is 0 Å². The van der Waals surface area contributed by atoms with E-state index in [1.54, 1.807) is 26.4 Å². The van der Waals surface area contributed by atoms with Crippen molar-refractivity contribution < 1.29 is 19.0 Å². The number of aromatic amines is 2. The monoisotopic (exact) mass is 471 g/mol. The Bertz CT molecular complexity index is 1640. The highest BCUT2D eigenvalue weighted by atomic mass is 16.6. The average molecular weight is 471 g/mol. The Hall–Kier alpha value is -4.86. The van der Waals surface area contributed by atoms with Crippen LogP contribution in [-0.2, 0) is 6.42 Å². The number of nitrogens with zero attached hydrogens (tertiary/aromatic N) is 2. The minimum Gasteiger partial charge on any atom is -0.493 e. The molecule has 1 amide bonds. The third-order valence-corrected chi connectivity index (χ3v) is 5.65. The van der Waals surface area contributed by atoms with Gasteiger partial charge in [-0.3, -0.25) is 4.79 Å². The number of benzene rings is 3. The number of nitrogens with two attached hydrogens (primary N) is 1. The van der Waals surface area contributed by atoms with Crippen LogP contribution in [0.15, 0.2) is 59.4 Å². The minimum absolute atomic E-state index is 0.0129. The number of aromatic nitrogens is 4. The number of nitrogens with one attached hydrogen (secondary N) is 2. The normalized spacial score (nSPS) is 11.0. The van der Waals surface area contributed by atoms with Gasteiger partial charge in [-0.25, -0.2) is 9.89 Å². The number of imidazole rings is 1. The maximum Gasteiger partial charge on any atom is 0.412 e. The molecule has 0 saturated carbocycles. The Balaban J connectivity index is 1.61. The summed E-state index contributed by atoms with van der Waals surface area (Å²) >= 11 is 0. The first-order valence-electron chi connectivity index (χ1n) is 10.7. The van der Waals surface area contributed by atoms with Crippen LogP contribution in [0.5, 0.6) is 17.5 Å². The predicted octanol–water partition coefficient (Wildman–Crippen LogP) is 3.53. The smallest absolute Gasteiger partial charge is 0.412 e. The number of hydrogen-bond acceptors (Lipinski definition) is 7. The van der Waals surface area contributed by atoms with E-state index in [2.05, 4.69) is 20.2 Å². The number of carbonyl (C=O) groups is 1. The molecule has 0 saturated heterocycles. The van der Waals surface area contributed by atoms with Gasteiger partial charge in [0.15, 0.2) is 11.5 Å². The summed E-state index contributed by atoms with van der Waals surface area (Å²) in [5.41, 5.74) is 9.35. The van der Waals surface area contributed by atoms with Gasteiger partial charge in [0.05, 0.1) is 36.3 Å². The molecular weight excluding hydrogens is 450 g/mol. The molecule has 35 heavy (non-hydrogen) atoms. The third kappa shape index (κ3) is 4.12. The van der Waals surface area contributed by atoms with E-state index in [-0.39, 0.29) is 11.6 Å². The van der Waals surface area contributed by atoms with Crippen LogP contribution in [0, 0.1) is 0 Å². The molecule has 0 radical (unpaired) electrons. The summed E-state index contributed by atoms with van der Waals surface area (Å²) in [4.78, 5) is 30.4. The van der Waals surface area contributed by atoms with Crippen molar-refractivity contribution in [3.05, 3.63) is 76.2 Å². The van der Waals surface area contributed by atoms with Gasteiger partial charge in [-0.05, 0) is 41.5 Å². The summed E-state index contributed by atoms with van der Waals surface area (Å²) in [6.45, 7) is 0. The van der Waals surface area contributed by atoms with Gasteiger partial charge in [-0.2, -0.15) is 10.1 Å². The van der Waals surface area contributed by atoms with Crippen LogP contribution in [0.2, 0.25) is 0 Å². The van der Waals surface area contributed by atoms with Gasteiger partial charge in [-0.15, -0.1) is 0 Å². The van der Waals surface area contributed by atoms with Crippen LogP contribution in [0.25, 0.3) is 32.9 Å². The van der Waals surface area contributed by atoms with Crippen molar-refractivity contribution in [3.63, 3.8) is 0 Å². The third-order valence-electron chi connectivity index (χ3n) is 5.65. The van der Waals surface area contributed by atoms with Gasteiger partial charge >= 0.3 is 12.1 Å². The SMILES string of the molecule is COc1cc(Cc2n[nH]c(=O)c3ccccc23)cc(-c2ccc3nc(OC(N)=O)[nH]c3c2)c1OC. The number of ether oxygens (including phenoxy) is 3. The predicted molar refractivity (Wildman–Crippen MR) is 130 cm³/mol. The molecule has 0 aliphatic rings. The fourth-order valence-electron chi connectivity index (χ4n) is 4.13. The van der Waals surface area contributed by atoms with Gasteiger partial charge < -0.3 is 24.9 Å². The summed E-state index contributed by atoms with van der Waals surface area (Å²) in [5, 5.41) is 8.24. The number of methoxy groups -OCH3 is 2. The van der Waals surface area contributed by atoms with Crippen LogP contribution in [0.3, 0.4) is 0 Å². The number of carbonyl (C=O) groups excluding carboxylic acids is 1. The Morgan fingerprint density at radius 3 is 2.57 bits per heavy atom. The molecule has 3 aromatic carbocycles. The molecule has 10 nitrogen and oxygen atoms in total. The van der Waals surface area contributed by atoms with Crippen molar-refractivity contribution >= 4 is 27.9 Å². The number of H-pyrrole nitrogens is 2. The van der Waals surface area contributed by atoms with E-state index in [0.29, 0.717) is 34.3 Å². The molecule has 0 aliphatic carbocycles. The number of fused-ring (bicyclic) bond motifs is 2.